The molecule has 5 nitrogen and oxygen atoms in total. The summed E-state index contributed by atoms with van der Waals surface area (Å²) >= 11 is 1.83. The summed E-state index contributed by atoms with van der Waals surface area (Å²) in [4.78, 5) is 26.4. The molecule has 36 heavy (non-hydrogen) atoms. The highest BCUT2D eigenvalue weighted by atomic mass is 32.2. The standard InChI is InChI=1S/C30H57NO4S/c1-4-5-6-7-8-9-10-11-12-13-14-15-16-17-23-36-24-26(20-21-28(32)25(2)3)29(33)31-22-18-19-27(31)30(34)35/h25-28,32H,4-24H2,1-3H3,(H,34,35)/t26?,27-,28?/m0/s1. The van der Waals surface area contributed by atoms with Crippen LogP contribution in [0.3, 0.4) is 0 Å². The molecule has 0 radical (unpaired) electrons. The van der Waals surface area contributed by atoms with Crippen LogP contribution in [0, 0.1) is 11.8 Å². The second kappa shape index (κ2) is 21.2. The maximum absolute atomic E-state index is 13.2. The van der Waals surface area contributed by atoms with E-state index in [9.17, 15) is 19.8 Å². The second-order valence-electron chi connectivity index (χ2n) is 11.3. The Morgan fingerprint density at radius 1 is 0.861 bits per heavy atom. The molecular formula is C30H57NO4S. The van der Waals surface area contributed by atoms with Gasteiger partial charge in [0.1, 0.15) is 6.04 Å². The van der Waals surface area contributed by atoms with Crippen LogP contribution >= 0.6 is 11.8 Å². The van der Waals surface area contributed by atoms with Crippen molar-refractivity contribution in [1.29, 1.82) is 0 Å². The fourth-order valence-electron chi connectivity index (χ4n) is 5.13. The second-order valence-corrected chi connectivity index (χ2v) is 12.4. The molecule has 1 fully saturated rings. The lowest BCUT2D eigenvalue weighted by molar-refractivity contribution is -0.149. The number of carboxylic acid groups (broad SMARTS) is 1. The first-order valence-corrected chi connectivity index (χ1v) is 16.3. The third-order valence-corrected chi connectivity index (χ3v) is 8.93. The average molecular weight is 528 g/mol. The molecule has 1 aliphatic heterocycles. The summed E-state index contributed by atoms with van der Waals surface area (Å²) in [5.41, 5.74) is 0. The van der Waals surface area contributed by atoms with Gasteiger partial charge < -0.3 is 15.1 Å². The van der Waals surface area contributed by atoms with Crippen LogP contribution in [-0.4, -0.2) is 57.2 Å². The minimum Gasteiger partial charge on any atom is -0.480 e. The van der Waals surface area contributed by atoms with Crippen LogP contribution in [0.4, 0.5) is 0 Å². The molecule has 2 unspecified atom stereocenters. The van der Waals surface area contributed by atoms with Crippen molar-refractivity contribution >= 4 is 23.6 Å². The van der Waals surface area contributed by atoms with Gasteiger partial charge in [-0.2, -0.15) is 11.8 Å². The Morgan fingerprint density at radius 2 is 1.39 bits per heavy atom. The largest absolute Gasteiger partial charge is 0.480 e. The van der Waals surface area contributed by atoms with Gasteiger partial charge in [-0.25, -0.2) is 4.79 Å². The number of thioether (sulfide) groups is 1. The normalized spacial score (nSPS) is 17.6. The Morgan fingerprint density at radius 3 is 1.89 bits per heavy atom. The van der Waals surface area contributed by atoms with E-state index in [1.54, 1.807) is 4.90 Å². The van der Waals surface area contributed by atoms with Gasteiger partial charge in [-0.1, -0.05) is 104 Å². The van der Waals surface area contributed by atoms with Crippen molar-refractivity contribution in [3.63, 3.8) is 0 Å². The zero-order valence-electron chi connectivity index (χ0n) is 23.7. The van der Waals surface area contributed by atoms with Gasteiger partial charge in [-0.15, -0.1) is 0 Å². The highest BCUT2D eigenvalue weighted by Gasteiger charge is 2.37. The zero-order valence-corrected chi connectivity index (χ0v) is 24.5. The lowest BCUT2D eigenvalue weighted by atomic mass is 9.96. The fourth-order valence-corrected chi connectivity index (χ4v) is 6.30. The lowest BCUT2D eigenvalue weighted by Crippen LogP contribution is -2.44. The number of hydrogen-bond acceptors (Lipinski definition) is 4. The van der Waals surface area contributed by atoms with E-state index >= 15 is 0 Å². The number of likely N-dealkylation sites (tertiary alicyclic amines) is 1. The van der Waals surface area contributed by atoms with Crippen molar-refractivity contribution in [3.05, 3.63) is 0 Å². The quantitative estimate of drug-likeness (QED) is 0.133. The van der Waals surface area contributed by atoms with E-state index in [-0.39, 0.29) is 17.7 Å². The Hall–Kier alpha value is -0.750. The van der Waals surface area contributed by atoms with E-state index < -0.39 is 18.1 Å². The Kier molecular flexibility index (Phi) is 19.6. The van der Waals surface area contributed by atoms with E-state index in [2.05, 4.69) is 6.92 Å². The first-order valence-electron chi connectivity index (χ1n) is 15.2. The number of aliphatic hydroxyl groups is 1. The number of carbonyl (C=O) groups is 2. The number of carbonyl (C=O) groups excluding carboxylic acids is 1. The van der Waals surface area contributed by atoms with Crippen molar-refractivity contribution in [3.8, 4) is 0 Å². The highest BCUT2D eigenvalue weighted by Crippen LogP contribution is 2.26. The molecule has 2 N–H and O–H groups in total. The van der Waals surface area contributed by atoms with Crippen LogP contribution in [-0.2, 0) is 9.59 Å². The number of carboxylic acids is 1. The summed E-state index contributed by atoms with van der Waals surface area (Å²) in [6.45, 7) is 6.80. The summed E-state index contributed by atoms with van der Waals surface area (Å²) in [6.07, 6.45) is 21.1. The smallest absolute Gasteiger partial charge is 0.326 e. The van der Waals surface area contributed by atoms with Gasteiger partial charge in [0.05, 0.1) is 6.10 Å². The van der Waals surface area contributed by atoms with Gasteiger partial charge in [-0.3, -0.25) is 4.79 Å². The van der Waals surface area contributed by atoms with E-state index in [0.29, 0.717) is 25.8 Å². The third-order valence-electron chi connectivity index (χ3n) is 7.71. The molecule has 0 aromatic rings. The zero-order chi connectivity index (χ0) is 26.6. The van der Waals surface area contributed by atoms with Gasteiger partial charge in [0.2, 0.25) is 5.91 Å². The van der Waals surface area contributed by atoms with Crippen LogP contribution in [0.2, 0.25) is 0 Å². The topological polar surface area (TPSA) is 77.8 Å². The van der Waals surface area contributed by atoms with E-state index in [1.807, 2.05) is 25.6 Å². The van der Waals surface area contributed by atoms with E-state index in [1.165, 1.54) is 89.9 Å². The molecule has 0 aromatic carbocycles. The summed E-state index contributed by atoms with van der Waals surface area (Å²) in [7, 11) is 0. The minimum atomic E-state index is -0.892. The van der Waals surface area contributed by atoms with E-state index in [0.717, 1.165) is 17.9 Å². The van der Waals surface area contributed by atoms with Crippen LogP contribution in [0.5, 0.6) is 0 Å². The average Bonchev–Trinajstić information content (AvgIpc) is 3.35. The van der Waals surface area contributed by atoms with Crippen molar-refractivity contribution in [2.75, 3.05) is 18.1 Å². The molecule has 3 atom stereocenters. The molecular weight excluding hydrogens is 470 g/mol. The van der Waals surface area contributed by atoms with Crippen molar-refractivity contribution in [2.24, 2.45) is 11.8 Å². The first kappa shape index (κ1) is 33.3. The summed E-state index contributed by atoms with van der Waals surface area (Å²) in [5.74, 6) is 0.834. The van der Waals surface area contributed by atoms with Gasteiger partial charge >= 0.3 is 5.97 Å². The summed E-state index contributed by atoms with van der Waals surface area (Å²) in [5, 5.41) is 19.7. The molecule has 1 aliphatic rings. The number of amides is 1. The molecule has 1 heterocycles. The molecule has 0 aliphatic carbocycles. The molecule has 212 valence electrons. The summed E-state index contributed by atoms with van der Waals surface area (Å²) < 4.78 is 0. The molecule has 0 aromatic heterocycles. The number of unbranched alkanes of at least 4 members (excludes halogenated alkanes) is 13. The predicted molar refractivity (Wildman–Crippen MR) is 154 cm³/mol. The Balaban J connectivity index is 2.19. The first-order chi connectivity index (χ1) is 17.4. The number of hydrogen-bond donors (Lipinski definition) is 2. The number of aliphatic carboxylic acids is 1. The molecule has 0 saturated carbocycles. The van der Waals surface area contributed by atoms with Crippen LogP contribution < -0.4 is 0 Å². The number of rotatable bonds is 23. The predicted octanol–water partition coefficient (Wildman–Crippen LogP) is 7.69. The monoisotopic (exact) mass is 527 g/mol. The third kappa shape index (κ3) is 14.9. The Bertz CT molecular complexity index is 571. The fraction of sp³-hybridized carbons (Fsp3) is 0.933. The van der Waals surface area contributed by atoms with E-state index in [4.69, 9.17) is 0 Å². The van der Waals surface area contributed by atoms with Crippen molar-refractivity contribution < 1.29 is 19.8 Å². The van der Waals surface area contributed by atoms with Gasteiger partial charge in [0.25, 0.3) is 0 Å². The van der Waals surface area contributed by atoms with Crippen molar-refractivity contribution in [2.45, 2.75) is 148 Å². The van der Waals surface area contributed by atoms with Gasteiger partial charge in [0.15, 0.2) is 0 Å². The van der Waals surface area contributed by atoms with Crippen LogP contribution in [0.25, 0.3) is 0 Å². The molecule has 1 saturated heterocycles. The number of nitrogens with zero attached hydrogens (tertiary/aromatic N) is 1. The molecule has 0 bridgehead atoms. The van der Waals surface area contributed by atoms with Crippen LogP contribution in [0.1, 0.15) is 136 Å². The summed E-state index contributed by atoms with van der Waals surface area (Å²) in [6, 6.07) is -0.675. The number of aliphatic hydroxyl groups excluding tert-OH is 1. The molecule has 0 spiro atoms. The maximum Gasteiger partial charge on any atom is 0.326 e. The molecule has 1 amide bonds. The Labute approximate surface area is 226 Å². The van der Waals surface area contributed by atoms with Crippen LogP contribution in [0.15, 0.2) is 0 Å². The highest BCUT2D eigenvalue weighted by molar-refractivity contribution is 7.99. The molecule has 6 heteroatoms. The SMILES string of the molecule is CCCCCCCCCCCCCCCCSCC(CCC(O)C(C)C)C(=O)N1CCC[C@H]1C(=O)O. The lowest BCUT2D eigenvalue weighted by Gasteiger charge is -2.27. The molecule has 1 rings (SSSR count). The van der Waals surface area contributed by atoms with Gasteiger partial charge in [0, 0.05) is 18.2 Å². The van der Waals surface area contributed by atoms with Gasteiger partial charge in [-0.05, 0) is 43.8 Å². The maximum atomic E-state index is 13.2. The van der Waals surface area contributed by atoms with Crippen molar-refractivity contribution in [1.82, 2.24) is 4.90 Å². The minimum absolute atomic E-state index is 0.0238.